The normalized spacial score (nSPS) is 9.55. The fraction of sp³-hybridized carbons (Fsp3) is 0.200. The topological polar surface area (TPSA) is 0 Å². The van der Waals surface area contributed by atoms with Crippen LogP contribution >= 0.6 is 0 Å². The predicted octanol–water partition coefficient (Wildman–Crippen LogP) is 2.75. The summed E-state index contributed by atoms with van der Waals surface area (Å²) in [6.45, 7) is 3.46. The molecule has 1 heteroatoms. The highest BCUT2D eigenvalue weighted by Gasteiger charge is 1.97. The molecule has 0 saturated heterocycles. The average molecular weight is 149 g/mol. The average Bonchev–Trinajstić information content (AvgIpc) is 2.03. The summed E-state index contributed by atoms with van der Waals surface area (Å²) in [4.78, 5) is 0. The molecule has 57 valence electrons. The molecule has 1 rings (SSSR count). The molecule has 0 heterocycles. The smallest absolute Gasteiger partial charge is 0.126 e. The molecule has 1 radical (unpaired) electrons. The monoisotopic (exact) mass is 149 g/mol. The molecule has 0 nitrogen and oxygen atoms in total. The minimum absolute atomic E-state index is 0.136. The summed E-state index contributed by atoms with van der Waals surface area (Å²) in [7, 11) is 0. The molecule has 0 unspecified atom stereocenters. The van der Waals surface area contributed by atoms with Crippen molar-refractivity contribution in [3.8, 4) is 0 Å². The molecular formula is C10H10F. The van der Waals surface area contributed by atoms with Crippen LogP contribution in [0.5, 0.6) is 0 Å². The van der Waals surface area contributed by atoms with E-state index in [0.29, 0.717) is 12.8 Å². The van der Waals surface area contributed by atoms with Gasteiger partial charge in [0.25, 0.3) is 0 Å². The molecule has 0 bridgehead atoms. The maximum atomic E-state index is 12.9. The Balaban J connectivity index is 2.69. The summed E-state index contributed by atoms with van der Waals surface area (Å²) in [5.41, 5.74) is 0.739. The zero-order chi connectivity index (χ0) is 8.10. The van der Waals surface area contributed by atoms with Crippen molar-refractivity contribution in [3.05, 3.63) is 48.3 Å². The fourth-order valence-electron chi connectivity index (χ4n) is 0.924. The molecule has 0 aliphatic rings. The minimum Gasteiger partial charge on any atom is -0.207 e. The lowest BCUT2D eigenvalue weighted by atomic mass is 10.1. The molecule has 0 amide bonds. The van der Waals surface area contributed by atoms with Crippen molar-refractivity contribution in [1.29, 1.82) is 0 Å². The third kappa shape index (κ3) is 2.19. The summed E-state index contributed by atoms with van der Waals surface area (Å²) in [6.07, 6.45) is 4.13. The van der Waals surface area contributed by atoms with Crippen molar-refractivity contribution in [2.45, 2.75) is 12.8 Å². The van der Waals surface area contributed by atoms with Gasteiger partial charge in [-0.1, -0.05) is 30.9 Å². The molecule has 0 N–H and O–H groups in total. The Kier molecular flexibility index (Phi) is 2.84. The number of rotatable bonds is 3. The highest BCUT2D eigenvalue weighted by Crippen LogP contribution is 2.08. The number of hydrogen-bond acceptors (Lipinski definition) is 0. The molecule has 0 aromatic heterocycles. The molecule has 0 saturated carbocycles. The van der Waals surface area contributed by atoms with Gasteiger partial charge >= 0.3 is 0 Å². The Hall–Kier alpha value is -1.11. The zero-order valence-corrected chi connectivity index (χ0v) is 6.31. The van der Waals surface area contributed by atoms with Crippen LogP contribution in [0.15, 0.2) is 30.8 Å². The number of aryl methyl sites for hydroxylation is 1. The summed E-state index contributed by atoms with van der Waals surface area (Å²) in [6, 6.07) is 6.78. The summed E-state index contributed by atoms with van der Waals surface area (Å²) >= 11 is 0. The Morgan fingerprint density at radius 1 is 1.36 bits per heavy atom. The molecule has 1 aromatic carbocycles. The lowest BCUT2D eigenvalue weighted by Gasteiger charge is -1.98. The first-order valence-corrected chi connectivity index (χ1v) is 3.58. The number of allylic oxidation sites excluding steroid dienone is 1. The SMILES string of the molecule is C=[C]CCc1ccccc1F. The van der Waals surface area contributed by atoms with E-state index in [1.165, 1.54) is 6.07 Å². The van der Waals surface area contributed by atoms with E-state index < -0.39 is 0 Å². The quantitative estimate of drug-likeness (QED) is 0.619. The van der Waals surface area contributed by atoms with Crippen molar-refractivity contribution in [2.24, 2.45) is 0 Å². The van der Waals surface area contributed by atoms with Gasteiger partial charge in [-0.3, -0.25) is 0 Å². The van der Waals surface area contributed by atoms with Crippen molar-refractivity contribution >= 4 is 0 Å². The minimum atomic E-state index is -0.136. The number of hydrogen-bond donors (Lipinski definition) is 0. The zero-order valence-electron chi connectivity index (χ0n) is 6.31. The van der Waals surface area contributed by atoms with Crippen molar-refractivity contribution in [1.82, 2.24) is 0 Å². The molecule has 0 aliphatic carbocycles. The van der Waals surface area contributed by atoms with E-state index in [1.54, 1.807) is 12.1 Å². The van der Waals surface area contributed by atoms with E-state index in [0.717, 1.165) is 5.56 Å². The van der Waals surface area contributed by atoms with E-state index in [-0.39, 0.29) is 5.82 Å². The van der Waals surface area contributed by atoms with Crippen molar-refractivity contribution < 1.29 is 4.39 Å². The van der Waals surface area contributed by atoms with Gasteiger partial charge in [-0.15, -0.1) is 0 Å². The summed E-state index contributed by atoms with van der Waals surface area (Å²) in [5.74, 6) is -0.136. The molecule has 0 fully saturated rings. The van der Waals surface area contributed by atoms with Gasteiger partial charge in [0.15, 0.2) is 0 Å². The highest BCUT2D eigenvalue weighted by atomic mass is 19.1. The van der Waals surface area contributed by atoms with E-state index >= 15 is 0 Å². The lowest BCUT2D eigenvalue weighted by Crippen LogP contribution is -1.87. The van der Waals surface area contributed by atoms with Crippen molar-refractivity contribution in [2.75, 3.05) is 0 Å². The maximum absolute atomic E-state index is 12.9. The Morgan fingerprint density at radius 3 is 2.73 bits per heavy atom. The van der Waals surface area contributed by atoms with Gasteiger partial charge in [0.05, 0.1) is 0 Å². The molecule has 11 heavy (non-hydrogen) atoms. The van der Waals surface area contributed by atoms with Crippen LogP contribution in [0.3, 0.4) is 0 Å². The second-order valence-electron chi connectivity index (χ2n) is 2.34. The van der Waals surface area contributed by atoms with Crippen LogP contribution in [0.1, 0.15) is 12.0 Å². The Bertz CT molecular complexity index is 240. The van der Waals surface area contributed by atoms with E-state index in [4.69, 9.17) is 0 Å². The molecule has 1 aromatic rings. The van der Waals surface area contributed by atoms with Crippen LogP contribution in [-0.4, -0.2) is 0 Å². The molecule has 0 aliphatic heterocycles. The third-order valence-corrected chi connectivity index (χ3v) is 1.53. The number of benzene rings is 1. The first-order valence-electron chi connectivity index (χ1n) is 3.58. The molecule has 0 spiro atoms. The van der Waals surface area contributed by atoms with Crippen LogP contribution in [0.2, 0.25) is 0 Å². The molecular weight excluding hydrogens is 139 g/mol. The Labute approximate surface area is 66.4 Å². The van der Waals surface area contributed by atoms with Crippen LogP contribution in [0.25, 0.3) is 0 Å². The lowest BCUT2D eigenvalue weighted by molar-refractivity contribution is 0.609. The fourth-order valence-corrected chi connectivity index (χ4v) is 0.924. The standard InChI is InChI=1S/C10H10F/c1-2-3-6-9-7-4-5-8-10(9)11/h4-5,7-8H,1,3,6H2. The third-order valence-electron chi connectivity index (χ3n) is 1.53. The predicted molar refractivity (Wildman–Crippen MR) is 43.6 cm³/mol. The van der Waals surface area contributed by atoms with Crippen molar-refractivity contribution in [3.63, 3.8) is 0 Å². The van der Waals surface area contributed by atoms with E-state index in [1.807, 2.05) is 6.07 Å². The Morgan fingerprint density at radius 2 is 2.09 bits per heavy atom. The maximum Gasteiger partial charge on any atom is 0.126 e. The second-order valence-corrected chi connectivity index (χ2v) is 2.34. The van der Waals surface area contributed by atoms with Gasteiger partial charge in [0.2, 0.25) is 0 Å². The number of halogens is 1. The van der Waals surface area contributed by atoms with Gasteiger partial charge in [-0.25, -0.2) is 4.39 Å². The second kappa shape index (κ2) is 3.91. The summed E-state index contributed by atoms with van der Waals surface area (Å²) in [5, 5.41) is 0. The van der Waals surface area contributed by atoms with Crippen LogP contribution in [0.4, 0.5) is 4.39 Å². The first-order chi connectivity index (χ1) is 5.34. The first kappa shape index (κ1) is 7.99. The van der Waals surface area contributed by atoms with Crippen LogP contribution in [0, 0.1) is 11.9 Å². The molecule has 0 atom stereocenters. The van der Waals surface area contributed by atoms with Crippen LogP contribution < -0.4 is 0 Å². The van der Waals surface area contributed by atoms with Gasteiger partial charge < -0.3 is 0 Å². The largest absolute Gasteiger partial charge is 0.207 e. The van der Waals surface area contributed by atoms with Gasteiger partial charge in [-0.2, -0.15) is 0 Å². The van der Waals surface area contributed by atoms with E-state index in [9.17, 15) is 4.39 Å². The van der Waals surface area contributed by atoms with Crippen LogP contribution in [-0.2, 0) is 6.42 Å². The summed E-state index contributed by atoms with van der Waals surface area (Å²) < 4.78 is 12.9. The highest BCUT2D eigenvalue weighted by molar-refractivity contribution is 5.17. The van der Waals surface area contributed by atoms with Gasteiger partial charge in [0, 0.05) is 0 Å². The van der Waals surface area contributed by atoms with Gasteiger partial charge in [-0.05, 0) is 24.5 Å². The van der Waals surface area contributed by atoms with E-state index in [2.05, 4.69) is 12.7 Å². The van der Waals surface area contributed by atoms with Gasteiger partial charge in [0.1, 0.15) is 5.82 Å².